The van der Waals surface area contributed by atoms with Crippen LogP contribution in [0.4, 0.5) is 0 Å². The van der Waals surface area contributed by atoms with E-state index in [2.05, 4.69) is 76.7 Å². The van der Waals surface area contributed by atoms with Gasteiger partial charge in [0.15, 0.2) is 6.10 Å². The van der Waals surface area contributed by atoms with E-state index in [4.69, 9.17) is 23.8 Å². The molecule has 1 unspecified atom stereocenters. The fourth-order valence-corrected chi connectivity index (χ4v) is 6.43. The normalized spacial score (nSPS) is 15.2. The number of phosphoric acid groups is 2. The standard InChI is InChI=1S/C44H76O14P2/c1-3-4-5-6-7-8-9-10-12-17-20-23-26-29-32-35-44(48)58-42(39-57-60(52,53)56-37-41(46)36-55-59(49,50)51)38-54-43(47)34-31-28-25-22-19-16-14-11-13-15-18-21-24-27-30-33-40(2)45/h7-8,10,12-16,21-22,24-25,40-42,45-46H,3-6,9,11,17-20,23,26-39H2,1-2H3,(H,52,53)(H2,49,50,51)/b8-7-,12-10-,15-13-,16-14-,24-21-,25-22-/t40-,41+,42-/m1/s1. The lowest BCUT2D eigenvalue weighted by molar-refractivity contribution is -0.161. The molecule has 0 bridgehead atoms. The Hall–Kier alpha value is -2.48. The monoisotopic (exact) mass is 890 g/mol. The Morgan fingerprint density at radius 1 is 0.533 bits per heavy atom. The molecule has 0 aliphatic rings. The fraction of sp³-hybridized carbons (Fsp3) is 0.682. The quantitative estimate of drug-likeness (QED) is 0.0168. The maximum absolute atomic E-state index is 12.6. The van der Waals surface area contributed by atoms with E-state index in [0.29, 0.717) is 19.3 Å². The largest absolute Gasteiger partial charge is 0.472 e. The van der Waals surface area contributed by atoms with Gasteiger partial charge in [0.2, 0.25) is 0 Å². The molecule has 4 atom stereocenters. The Balaban J connectivity index is 4.64. The number of carbonyl (C=O) groups is 2. The summed E-state index contributed by atoms with van der Waals surface area (Å²) in [7, 11) is -9.71. The van der Waals surface area contributed by atoms with Crippen molar-refractivity contribution in [2.75, 3.05) is 26.4 Å². The summed E-state index contributed by atoms with van der Waals surface area (Å²) < 4.78 is 47.7. The second-order valence-electron chi connectivity index (χ2n) is 14.5. The summed E-state index contributed by atoms with van der Waals surface area (Å²) in [5.74, 6) is -1.14. The summed E-state index contributed by atoms with van der Waals surface area (Å²) in [6.07, 6.45) is 40.3. The van der Waals surface area contributed by atoms with Crippen LogP contribution in [0, 0.1) is 0 Å². The van der Waals surface area contributed by atoms with Gasteiger partial charge in [-0.25, -0.2) is 9.13 Å². The topological polar surface area (TPSA) is 216 Å². The number of hydrogen-bond acceptors (Lipinski definition) is 11. The van der Waals surface area contributed by atoms with E-state index in [0.717, 1.165) is 83.5 Å². The van der Waals surface area contributed by atoms with Crippen LogP contribution < -0.4 is 0 Å². The van der Waals surface area contributed by atoms with Crippen molar-refractivity contribution in [1.82, 2.24) is 0 Å². The highest BCUT2D eigenvalue weighted by Crippen LogP contribution is 2.43. The number of hydrogen-bond donors (Lipinski definition) is 5. The van der Waals surface area contributed by atoms with E-state index < -0.39 is 66.2 Å². The van der Waals surface area contributed by atoms with Crippen LogP contribution in [0.3, 0.4) is 0 Å². The van der Waals surface area contributed by atoms with Crippen molar-refractivity contribution in [3.8, 4) is 0 Å². The minimum Gasteiger partial charge on any atom is -0.462 e. The average Bonchev–Trinajstić information content (AvgIpc) is 3.19. The van der Waals surface area contributed by atoms with Gasteiger partial charge in [-0.05, 0) is 96.8 Å². The Morgan fingerprint density at radius 2 is 0.983 bits per heavy atom. The average molecular weight is 891 g/mol. The first-order valence-electron chi connectivity index (χ1n) is 21.7. The number of aliphatic hydroxyl groups excluding tert-OH is 2. The third kappa shape index (κ3) is 43.6. The van der Waals surface area contributed by atoms with Crippen LogP contribution in [0.5, 0.6) is 0 Å². The van der Waals surface area contributed by atoms with Gasteiger partial charge >= 0.3 is 27.6 Å². The van der Waals surface area contributed by atoms with Gasteiger partial charge in [-0.15, -0.1) is 0 Å². The maximum Gasteiger partial charge on any atom is 0.472 e. The summed E-state index contributed by atoms with van der Waals surface area (Å²) >= 11 is 0. The van der Waals surface area contributed by atoms with E-state index in [1.54, 1.807) is 6.92 Å². The Labute approximate surface area is 359 Å². The van der Waals surface area contributed by atoms with Crippen molar-refractivity contribution in [2.45, 2.75) is 167 Å². The zero-order valence-electron chi connectivity index (χ0n) is 36.1. The van der Waals surface area contributed by atoms with Crippen molar-refractivity contribution < 1.29 is 66.7 Å². The van der Waals surface area contributed by atoms with Crippen LogP contribution in [-0.2, 0) is 41.8 Å². The van der Waals surface area contributed by atoms with Crippen LogP contribution in [0.1, 0.15) is 149 Å². The molecule has 0 aromatic carbocycles. The van der Waals surface area contributed by atoms with E-state index in [-0.39, 0.29) is 18.9 Å². The second kappa shape index (κ2) is 39.4. The van der Waals surface area contributed by atoms with Crippen LogP contribution in [0.2, 0.25) is 0 Å². The molecule has 16 heteroatoms. The van der Waals surface area contributed by atoms with Gasteiger partial charge < -0.3 is 34.4 Å². The zero-order valence-corrected chi connectivity index (χ0v) is 37.9. The molecule has 5 N–H and O–H groups in total. The Morgan fingerprint density at radius 3 is 1.53 bits per heavy atom. The predicted octanol–water partition coefficient (Wildman–Crippen LogP) is 9.98. The minimum absolute atomic E-state index is 0.0939. The highest BCUT2D eigenvalue weighted by molar-refractivity contribution is 7.47. The first-order chi connectivity index (χ1) is 28.7. The van der Waals surface area contributed by atoms with Gasteiger partial charge in [-0.1, -0.05) is 112 Å². The highest BCUT2D eigenvalue weighted by Gasteiger charge is 2.28. The summed E-state index contributed by atoms with van der Waals surface area (Å²) in [5.41, 5.74) is 0. The van der Waals surface area contributed by atoms with Crippen molar-refractivity contribution >= 4 is 27.6 Å². The molecule has 60 heavy (non-hydrogen) atoms. The highest BCUT2D eigenvalue weighted by atomic mass is 31.2. The number of rotatable bonds is 40. The van der Waals surface area contributed by atoms with Crippen molar-refractivity contribution in [1.29, 1.82) is 0 Å². The van der Waals surface area contributed by atoms with Gasteiger partial charge in [-0.3, -0.25) is 23.2 Å². The van der Waals surface area contributed by atoms with E-state index in [9.17, 15) is 33.8 Å². The lowest BCUT2D eigenvalue weighted by Gasteiger charge is -2.20. The van der Waals surface area contributed by atoms with Crippen molar-refractivity contribution in [3.05, 3.63) is 72.9 Å². The molecule has 0 heterocycles. The molecule has 0 radical (unpaired) electrons. The molecular formula is C44H76O14P2. The van der Waals surface area contributed by atoms with Gasteiger partial charge in [0.25, 0.3) is 0 Å². The molecule has 0 fully saturated rings. The van der Waals surface area contributed by atoms with Crippen LogP contribution in [0.15, 0.2) is 72.9 Å². The second-order valence-corrected chi connectivity index (χ2v) is 17.2. The molecule has 0 aliphatic heterocycles. The molecule has 0 amide bonds. The fourth-order valence-electron chi connectivity index (χ4n) is 5.27. The number of phosphoric ester groups is 2. The third-order valence-corrected chi connectivity index (χ3v) is 10.0. The van der Waals surface area contributed by atoms with Crippen molar-refractivity contribution in [2.24, 2.45) is 0 Å². The SMILES string of the molecule is CCCCC/C=C\C/C=C\CCCCCCCC(=O)O[C@H](COC(=O)CCC/C=C\C/C=C\C/C=C\C/C=C\CCC[C@@H](C)O)COP(=O)(O)OC[C@@H](O)COP(=O)(O)O. The van der Waals surface area contributed by atoms with Crippen LogP contribution in [0.25, 0.3) is 0 Å². The Kier molecular flexibility index (Phi) is 37.7. The number of allylic oxidation sites excluding steroid dienone is 12. The maximum atomic E-state index is 12.6. The van der Waals surface area contributed by atoms with E-state index in [1.165, 1.54) is 19.3 Å². The first kappa shape index (κ1) is 57.5. The molecular weight excluding hydrogens is 814 g/mol. The van der Waals surface area contributed by atoms with E-state index in [1.807, 2.05) is 12.2 Å². The lowest BCUT2D eigenvalue weighted by Crippen LogP contribution is -2.30. The van der Waals surface area contributed by atoms with Crippen molar-refractivity contribution in [3.63, 3.8) is 0 Å². The van der Waals surface area contributed by atoms with Gasteiger partial charge in [-0.2, -0.15) is 0 Å². The molecule has 0 aliphatic carbocycles. The zero-order chi connectivity index (χ0) is 44.6. The third-order valence-electron chi connectivity index (χ3n) is 8.58. The summed E-state index contributed by atoms with van der Waals surface area (Å²) in [4.78, 5) is 52.6. The predicted molar refractivity (Wildman–Crippen MR) is 236 cm³/mol. The van der Waals surface area contributed by atoms with E-state index >= 15 is 0 Å². The number of ether oxygens (including phenoxy) is 2. The van der Waals surface area contributed by atoms with Gasteiger partial charge in [0.05, 0.1) is 25.9 Å². The number of carbonyl (C=O) groups excluding carboxylic acids is 2. The number of unbranched alkanes of at least 4 members (excludes halogenated alkanes) is 10. The number of aliphatic hydroxyl groups is 2. The minimum atomic E-state index is -4.88. The summed E-state index contributed by atoms with van der Waals surface area (Å²) in [5, 5.41) is 19.0. The smallest absolute Gasteiger partial charge is 0.462 e. The molecule has 0 saturated carbocycles. The Bertz CT molecular complexity index is 1350. The summed E-state index contributed by atoms with van der Waals surface area (Å²) in [6, 6.07) is 0. The van der Waals surface area contributed by atoms with Gasteiger partial charge in [0, 0.05) is 12.8 Å². The van der Waals surface area contributed by atoms with Crippen LogP contribution >= 0.6 is 15.6 Å². The van der Waals surface area contributed by atoms with Crippen LogP contribution in [-0.4, -0.2) is 81.6 Å². The summed E-state index contributed by atoms with van der Waals surface area (Å²) in [6.45, 7) is 1.18. The lowest BCUT2D eigenvalue weighted by atomic mass is 10.1. The molecule has 0 rings (SSSR count). The first-order valence-corrected chi connectivity index (χ1v) is 24.7. The molecule has 346 valence electrons. The molecule has 0 spiro atoms. The molecule has 0 saturated heterocycles. The molecule has 14 nitrogen and oxygen atoms in total. The molecule has 0 aromatic heterocycles. The molecule has 0 aromatic rings. The number of esters is 2. The van der Waals surface area contributed by atoms with Gasteiger partial charge in [0.1, 0.15) is 12.7 Å².